The minimum absolute atomic E-state index is 0.150. The third-order valence-corrected chi connectivity index (χ3v) is 3.01. The van der Waals surface area contributed by atoms with Crippen molar-refractivity contribution in [2.45, 2.75) is 19.9 Å². The highest BCUT2D eigenvalue weighted by atomic mass is 79.9. The highest BCUT2D eigenvalue weighted by molar-refractivity contribution is 9.10. The van der Waals surface area contributed by atoms with Crippen LogP contribution in [0.4, 0.5) is 5.82 Å². The van der Waals surface area contributed by atoms with Gasteiger partial charge in [-0.25, -0.2) is 4.98 Å². The molecule has 0 aliphatic rings. The minimum atomic E-state index is -0.150. The van der Waals surface area contributed by atoms with Gasteiger partial charge in [0.2, 0.25) is 0 Å². The number of amides is 1. The Morgan fingerprint density at radius 1 is 1.39 bits per heavy atom. The number of anilines is 1. The average molecular weight is 308 g/mol. The molecule has 0 aromatic carbocycles. The molecule has 18 heavy (non-hydrogen) atoms. The molecule has 1 amide bonds. The lowest BCUT2D eigenvalue weighted by Crippen LogP contribution is -2.18. The minimum Gasteiger partial charge on any atom is -0.341 e. The van der Waals surface area contributed by atoms with Crippen molar-refractivity contribution in [2.75, 3.05) is 5.32 Å². The van der Waals surface area contributed by atoms with E-state index in [1.165, 1.54) is 0 Å². The molecule has 1 N–H and O–H groups in total. The van der Waals surface area contributed by atoms with Crippen molar-refractivity contribution < 1.29 is 4.79 Å². The first-order chi connectivity index (χ1) is 8.58. The number of hydrogen-bond donors (Lipinski definition) is 1. The second-order valence-electron chi connectivity index (χ2n) is 4.21. The molecule has 0 saturated carbocycles. The summed E-state index contributed by atoms with van der Waals surface area (Å²) < 4.78 is 2.81. The summed E-state index contributed by atoms with van der Waals surface area (Å²) in [5.41, 5.74) is 0.634. The van der Waals surface area contributed by atoms with Gasteiger partial charge in [0, 0.05) is 22.9 Å². The zero-order valence-electron chi connectivity index (χ0n) is 10.2. The van der Waals surface area contributed by atoms with Crippen molar-refractivity contribution in [3.05, 3.63) is 46.8 Å². The SMILES string of the molecule is CC(C)n1cccc1C(=O)Nc1ccc(Br)cn1. The molecule has 0 unspecified atom stereocenters. The fourth-order valence-electron chi connectivity index (χ4n) is 1.67. The van der Waals surface area contributed by atoms with Gasteiger partial charge in [0.05, 0.1) is 0 Å². The molecule has 2 aromatic heterocycles. The molecule has 5 heteroatoms. The summed E-state index contributed by atoms with van der Waals surface area (Å²) >= 11 is 3.30. The molecule has 0 saturated heterocycles. The molecule has 0 atom stereocenters. The van der Waals surface area contributed by atoms with Crippen LogP contribution in [0.2, 0.25) is 0 Å². The molecule has 0 bridgehead atoms. The molecular weight excluding hydrogens is 294 g/mol. The molecule has 2 aromatic rings. The molecule has 2 rings (SSSR count). The van der Waals surface area contributed by atoms with Crippen LogP contribution in [0.3, 0.4) is 0 Å². The number of rotatable bonds is 3. The predicted molar refractivity (Wildman–Crippen MR) is 74.7 cm³/mol. The lowest BCUT2D eigenvalue weighted by molar-refractivity contribution is 0.101. The van der Waals surface area contributed by atoms with Crippen molar-refractivity contribution in [3.8, 4) is 0 Å². The van der Waals surface area contributed by atoms with E-state index in [0.29, 0.717) is 11.5 Å². The summed E-state index contributed by atoms with van der Waals surface area (Å²) in [6, 6.07) is 7.51. The maximum absolute atomic E-state index is 12.1. The monoisotopic (exact) mass is 307 g/mol. The van der Waals surface area contributed by atoms with Crippen molar-refractivity contribution in [2.24, 2.45) is 0 Å². The number of aromatic nitrogens is 2. The van der Waals surface area contributed by atoms with Crippen LogP contribution < -0.4 is 5.32 Å². The Kier molecular flexibility index (Phi) is 3.81. The third-order valence-electron chi connectivity index (χ3n) is 2.54. The zero-order chi connectivity index (χ0) is 13.1. The molecule has 0 fully saturated rings. The maximum atomic E-state index is 12.1. The molecule has 4 nitrogen and oxygen atoms in total. The Labute approximate surface area is 114 Å². The van der Waals surface area contributed by atoms with E-state index in [9.17, 15) is 4.79 Å². The first-order valence-electron chi connectivity index (χ1n) is 5.67. The van der Waals surface area contributed by atoms with Gasteiger partial charge >= 0.3 is 0 Å². The second kappa shape index (κ2) is 5.35. The van der Waals surface area contributed by atoms with E-state index < -0.39 is 0 Å². The van der Waals surface area contributed by atoms with Crippen molar-refractivity contribution in [1.82, 2.24) is 9.55 Å². The highest BCUT2D eigenvalue weighted by Crippen LogP contribution is 2.14. The first kappa shape index (κ1) is 12.8. The maximum Gasteiger partial charge on any atom is 0.273 e. The summed E-state index contributed by atoms with van der Waals surface area (Å²) in [5.74, 6) is 0.392. The third kappa shape index (κ3) is 2.79. The van der Waals surface area contributed by atoms with E-state index in [-0.39, 0.29) is 11.9 Å². The predicted octanol–water partition coefficient (Wildman–Crippen LogP) is 3.48. The lowest BCUT2D eigenvalue weighted by Gasteiger charge is -2.12. The normalized spacial score (nSPS) is 10.7. The first-order valence-corrected chi connectivity index (χ1v) is 6.47. The van der Waals surface area contributed by atoms with Gasteiger partial charge in [-0.05, 0) is 54.0 Å². The summed E-state index contributed by atoms with van der Waals surface area (Å²) in [5, 5.41) is 2.78. The van der Waals surface area contributed by atoms with E-state index in [0.717, 1.165) is 4.47 Å². The van der Waals surface area contributed by atoms with E-state index >= 15 is 0 Å². The van der Waals surface area contributed by atoms with Crippen LogP contribution in [0.15, 0.2) is 41.1 Å². The lowest BCUT2D eigenvalue weighted by atomic mass is 10.3. The number of nitrogens with one attached hydrogen (secondary N) is 1. The highest BCUT2D eigenvalue weighted by Gasteiger charge is 2.12. The van der Waals surface area contributed by atoms with Crippen LogP contribution in [0.25, 0.3) is 0 Å². The molecule has 0 radical (unpaired) electrons. The molecule has 0 spiro atoms. The van der Waals surface area contributed by atoms with E-state index in [1.807, 2.05) is 36.7 Å². The van der Waals surface area contributed by atoms with Crippen LogP contribution in [0, 0.1) is 0 Å². The molecule has 0 aliphatic carbocycles. The van der Waals surface area contributed by atoms with Crippen LogP contribution >= 0.6 is 15.9 Å². The molecular formula is C13H14BrN3O. The number of nitrogens with zero attached hydrogens (tertiary/aromatic N) is 2. The summed E-state index contributed by atoms with van der Waals surface area (Å²) in [6.45, 7) is 4.07. The van der Waals surface area contributed by atoms with E-state index in [1.54, 1.807) is 18.3 Å². The Morgan fingerprint density at radius 2 is 2.17 bits per heavy atom. The van der Waals surface area contributed by atoms with Crippen molar-refractivity contribution in [1.29, 1.82) is 0 Å². The number of carbonyl (C=O) groups is 1. The van der Waals surface area contributed by atoms with Gasteiger partial charge in [-0.3, -0.25) is 4.79 Å². The molecule has 0 aliphatic heterocycles. The molecule has 94 valence electrons. The largest absolute Gasteiger partial charge is 0.341 e. The van der Waals surface area contributed by atoms with Crippen LogP contribution in [-0.4, -0.2) is 15.5 Å². The standard InChI is InChI=1S/C13H14BrN3O/c1-9(2)17-7-3-4-11(17)13(18)16-12-6-5-10(14)8-15-12/h3-9H,1-2H3,(H,15,16,18). The van der Waals surface area contributed by atoms with Gasteiger partial charge in [-0.2, -0.15) is 0 Å². The fourth-order valence-corrected chi connectivity index (χ4v) is 1.90. The van der Waals surface area contributed by atoms with Gasteiger partial charge < -0.3 is 9.88 Å². The van der Waals surface area contributed by atoms with E-state index in [2.05, 4.69) is 26.2 Å². The van der Waals surface area contributed by atoms with Crippen molar-refractivity contribution in [3.63, 3.8) is 0 Å². The number of halogens is 1. The van der Waals surface area contributed by atoms with Gasteiger partial charge in [0.25, 0.3) is 5.91 Å². The number of hydrogen-bond acceptors (Lipinski definition) is 2. The fraction of sp³-hybridized carbons (Fsp3) is 0.231. The van der Waals surface area contributed by atoms with Crippen LogP contribution in [0.1, 0.15) is 30.4 Å². The van der Waals surface area contributed by atoms with Gasteiger partial charge in [-0.15, -0.1) is 0 Å². The quantitative estimate of drug-likeness (QED) is 0.943. The summed E-state index contributed by atoms with van der Waals surface area (Å²) in [4.78, 5) is 16.2. The Hall–Kier alpha value is -1.62. The Bertz CT molecular complexity index is 546. The Balaban J connectivity index is 2.17. The van der Waals surface area contributed by atoms with E-state index in [4.69, 9.17) is 0 Å². The van der Waals surface area contributed by atoms with Crippen LogP contribution in [-0.2, 0) is 0 Å². The summed E-state index contributed by atoms with van der Waals surface area (Å²) in [7, 11) is 0. The van der Waals surface area contributed by atoms with Gasteiger partial charge in [0.1, 0.15) is 11.5 Å². The van der Waals surface area contributed by atoms with Crippen molar-refractivity contribution >= 4 is 27.7 Å². The topological polar surface area (TPSA) is 46.9 Å². The average Bonchev–Trinajstić information content (AvgIpc) is 2.81. The summed E-state index contributed by atoms with van der Waals surface area (Å²) in [6.07, 6.45) is 3.55. The Morgan fingerprint density at radius 3 is 2.78 bits per heavy atom. The van der Waals surface area contributed by atoms with Gasteiger partial charge in [0.15, 0.2) is 0 Å². The van der Waals surface area contributed by atoms with Crippen LogP contribution in [0.5, 0.6) is 0 Å². The number of pyridine rings is 1. The number of carbonyl (C=O) groups excluding carboxylic acids is 1. The molecule has 2 heterocycles. The van der Waals surface area contributed by atoms with Gasteiger partial charge in [-0.1, -0.05) is 0 Å². The second-order valence-corrected chi connectivity index (χ2v) is 5.13. The zero-order valence-corrected chi connectivity index (χ0v) is 11.8. The smallest absolute Gasteiger partial charge is 0.273 e.